The van der Waals surface area contributed by atoms with Crippen LogP contribution in [0.2, 0.25) is 0 Å². The third-order valence-corrected chi connectivity index (χ3v) is 3.08. The number of hydrogen-bond acceptors (Lipinski definition) is 4. The molecule has 1 fully saturated rings. The topological polar surface area (TPSA) is 70.6 Å². The summed E-state index contributed by atoms with van der Waals surface area (Å²) in [4.78, 5) is 12.0. The number of phenols is 1. The zero-order valence-electron chi connectivity index (χ0n) is 10.8. The summed E-state index contributed by atoms with van der Waals surface area (Å²) < 4.78 is 5.05. The number of amides is 1. The molecule has 5 nitrogen and oxygen atoms in total. The quantitative estimate of drug-likeness (QED) is 0.783. The monoisotopic (exact) mass is 286 g/mol. The molecule has 0 radical (unpaired) electrons. The van der Waals surface area contributed by atoms with E-state index in [2.05, 4.69) is 10.6 Å². The van der Waals surface area contributed by atoms with Gasteiger partial charge in [0, 0.05) is 12.6 Å². The molecule has 1 heterocycles. The van der Waals surface area contributed by atoms with Crippen molar-refractivity contribution in [1.29, 1.82) is 0 Å². The number of methoxy groups -OCH3 is 1. The van der Waals surface area contributed by atoms with E-state index in [-0.39, 0.29) is 35.7 Å². The summed E-state index contributed by atoms with van der Waals surface area (Å²) in [5.41, 5.74) is 0.250. The molecule has 19 heavy (non-hydrogen) atoms. The summed E-state index contributed by atoms with van der Waals surface area (Å²) in [7, 11) is 1.53. The van der Waals surface area contributed by atoms with E-state index in [0.29, 0.717) is 5.75 Å². The summed E-state index contributed by atoms with van der Waals surface area (Å²) in [5.74, 6) is 0.261. The number of hydrogen-bond donors (Lipinski definition) is 3. The molecule has 1 aromatic rings. The molecule has 1 atom stereocenters. The smallest absolute Gasteiger partial charge is 0.255 e. The summed E-state index contributed by atoms with van der Waals surface area (Å²) in [6.07, 6.45) is 2.01. The van der Waals surface area contributed by atoms with E-state index in [0.717, 1.165) is 25.9 Å². The average molecular weight is 287 g/mol. The van der Waals surface area contributed by atoms with Crippen LogP contribution in [0.15, 0.2) is 18.2 Å². The normalized spacial score (nSPS) is 18.3. The SMILES string of the molecule is COc1ccc(O)c(C(=O)NC2CCCNC2)c1.Cl. The Kier molecular flexibility index (Phi) is 5.92. The molecule has 1 unspecified atom stereocenters. The van der Waals surface area contributed by atoms with E-state index in [1.807, 2.05) is 0 Å². The Morgan fingerprint density at radius 1 is 1.53 bits per heavy atom. The van der Waals surface area contributed by atoms with Gasteiger partial charge in [0.15, 0.2) is 0 Å². The number of carbonyl (C=O) groups is 1. The van der Waals surface area contributed by atoms with Crippen LogP contribution in [0.3, 0.4) is 0 Å². The van der Waals surface area contributed by atoms with Crippen LogP contribution in [0, 0.1) is 0 Å². The van der Waals surface area contributed by atoms with E-state index in [1.165, 1.54) is 13.2 Å². The number of piperidine rings is 1. The fourth-order valence-electron chi connectivity index (χ4n) is 2.06. The van der Waals surface area contributed by atoms with Crippen LogP contribution < -0.4 is 15.4 Å². The third kappa shape index (κ3) is 4.01. The molecule has 0 saturated carbocycles. The van der Waals surface area contributed by atoms with E-state index >= 15 is 0 Å². The van der Waals surface area contributed by atoms with Gasteiger partial charge in [0.25, 0.3) is 5.91 Å². The second-order valence-electron chi connectivity index (χ2n) is 4.40. The second kappa shape index (κ2) is 7.21. The molecule has 3 N–H and O–H groups in total. The molecule has 6 heteroatoms. The van der Waals surface area contributed by atoms with Gasteiger partial charge in [0.2, 0.25) is 0 Å². The zero-order chi connectivity index (χ0) is 13.0. The van der Waals surface area contributed by atoms with Crippen LogP contribution in [0.25, 0.3) is 0 Å². The Labute approximate surface area is 118 Å². The highest BCUT2D eigenvalue weighted by molar-refractivity contribution is 5.97. The third-order valence-electron chi connectivity index (χ3n) is 3.08. The van der Waals surface area contributed by atoms with Crippen LogP contribution in [0.5, 0.6) is 11.5 Å². The maximum atomic E-state index is 12.0. The number of ether oxygens (including phenoxy) is 1. The standard InChI is InChI=1S/C13H18N2O3.ClH/c1-18-10-4-5-12(16)11(7-10)13(17)15-9-3-2-6-14-8-9;/h4-5,7,9,14,16H,2-3,6,8H2,1H3,(H,15,17);1H. The minimum atomic E-state index is -0.264. The lowest BCUT2D eigenvalue weighted by atomic mass is 10.1. The highest BCUT2D eigenvalue weighted by Gasteiger charge is 2.18. The van der Waals surface area contributed by atoms with Gasteiger partial charge in [-0.2, -0.15) is 0 Å². The van der Waals surface area contributed by atoms with Crippen LogP contribution in [-0.4, -0.2) is 37.3 Å². The minimum absolute atomic E-state index is 0. The molecule has 0 aromatic heterocycles. The largest absolute Gasteiger partial charge is 0.507 e. The lowest BCUT2D eigenvalue weighted by molar-refractivity contribution is 0.0927. The second-order valence-corrected chi connectivity index (χ2v) is 4.40. The molecule has 106 valence electrons. The Balaban J connectivity index is 0.00000180. The molecule has 1 saturated heterocycles. The first-order valence-electron chi connectivity index (χ1n) is 6.09. The first kappa shape index (κ1) is 15.6. The van der Waals surface area contributed by atoms with Gasteiger partial charge < -0.3 is 20.5 Å². The van der Waals surface area contributed by atoms with Crippen LogP contribution in [0.1, 0.15) is 23.2 Å². The van der Waals surface area contributed by atoms with Gasteiger partial charge in [-0.25, -0.2) is 0 Å². The van der Waals surface area contributed by atoms with Crippen molar-refractivity contribution in [2.75, 3.05) is 20.2 Å². The van der Waals surface area contributed by atoms with Gasteiger partial charge in [0.05, 0.1) is 12.7 Å². The number of rotatable bonds is 3. The number of nitrogens with one attached hydrogen (secondary N) is 2. The number of benzene rings is 1. The van der Waals surface area contributed by atoms with Crippen molar-refractivity contribution in [2.24, 2.45) is 0 Å². The van der Waals surface area contributed by atoms with Gasteiger partial charge >= 0.3 is 0 Å². The van der Waals surface area contributed by atoms with Crippen molar-refractivity contribution in [3.8, 4) is 11.5 Å². The molecule has 0 aliphatic carbocycles. The van der Waals surface area contributed by atoms with Crippen molar-refractivity contribution in [2.45, 2.75) is 18.9 Å². The minimum Gasteiger partial charge on any atom is -0.507 e. The van der Waals surface area contributed by atoms with Gasteiger partial charge in [-0.05, 0) is 37.6 Å². The molecule has 1 aliphatic rings. The predicted octanol–water partition coefficient (Wildman–Crippen LogP) is 1.30. The molecular weight excluding hydrogens is 268 g/mol. The molecule has 1 aliphatic heterocycles. The summed E-state index contributed by atoms with van der Waals surface area (Å²) in [6.45, 7) is 1.77. The molecule has 1 aromatic carbocycles. The van der Waals surface area contributed by atoms with E-state index in [1.54, 1.807) is 12.1 Å². The first-order chi connectivity index (χ1) is 8.70. The summed E-state index contributed by atoms with van der Waals surface area (Å²) in [6, 6.07) is 4.75. The Bertz CT molecular complexity index is 434. The van der Waals surface area contributed by atoms with Gasteiger partial charge in [-0.1, -0.05) is 0 Å². The highest BCUT2D eigenvalue weighted by atomic mass is 35.5. The Hall–Kier alpha value is -1.46. The predicted molar refractivity (Wildman–Crippen MR) is 75.3 cm³/mol. The van der Waals surface area contributed by atoms with E-state index < -0.39 is 0 Å². The van der Waals surface area contributed by atoms with Gasteiger partial charge in [-0.15, -0.1) is 12.4 Å². The highest BCUT2D eigenvalue weighted by Crippen LogP contribution is 2.22. The van der Waals surface area contributed by atoms with Crippen molar-refractivity contribution in [3.05, 3.63) is 23.8 Å². The van der Waals surface area contributed by atoms with Gasteiger partial charge in [0.1, 0.15) is 11.5 Å². The Morgan fingerprint density at radius 2 is 2.32 bits per heavy atom. The summed E-state index contributed by atoms with van der Waals surface area (Å²) in [5, 5.41) is 15.8. The zero-order valence-corrected chi connectivity index (χ0v) is 11.6. The first-order valence-corrected chi connectivity index (χ1v) is 6.09. The number of phenolic OH excluding ortho intramolecular Hbond substituents is 1. The van der Waals surface area contributed by atoms with Crippen molar-refractivity contribution >= 4 is 18.3 Å². The van der Waals surface area contributed by atoms with Crippen molar-refractivity contribution in [3.63, 3.8) is 0 Å². The van der Waals surface area contributed by atoms with Crippen LogP contribution in [-0.2, 0) is 0 Å². The van der Waals surface area contributed by atoms with Crippen LogP contribution in [0.4, 0.5) is 0 Å². The number of halogens is 1. The fraction of sp³-hybridized carbons (Fsp3) is 0.462. The molecule has 0 spiro atoms. The average Bonchev–Trinajstić information content (AvgIpc) is 2.40. The number of carbonyl (C=O) groups excluding carboxylic acids is 1. The lowest BCUT2D eigenvalue weighted by Gasteiger charge is -2.24. The van der Waals surface area contributed by atoms with Gasteiger partial charge in [-0.3, -0.25) is 4.79 Å². The van der Waals surface area contributed by atoms with E-state index in [9.17, 15) is 9.90 Å². The van der Waals surface area contributed by atoms with Crippen molar-refractivity contribution < 1.29 is 14.6 Å². The summed E-state index contributed by atoms with van der Waals surface area (Å²) >= 11 is 0. The van der Waals surface area contributed by atoms with E-state index in [4.69, 9.17) is 4.74 Å². The molecule has 2 rings (SSSR count). The molecule has 0 bridgehead atoms. The number of aromatic hydroxyl groups is 1. The molecular formula is C13H19ClN2O3. The lowest BCUT2D eigenvalue weighted by Crippen LogP contribution is -2.45. The Morgan fingerprint density at radius 3 is 2.95 bits per heavy atom. The van der Waals surface area contributed by atoms with Crippen molar-refractivity contribution in [1.82, 2.24) is 10.6 Å². The maximum absolute atomic E-state index is 12.0. The van der Waals surface area contributed by atoms with Crippen LogP contribution >= 0.6 is 12.4 Å². The molecule has 1 amide bonds. The maximum Gasteiger partial charge on any atom is 0.255 e. The fourth-order valence-corrected chi connectivity index (χ4v) is 2.06.